The lowest BCUT2D eigenvalue weighted by Gasteiger charge is -1.94. The van der Waals surface area contributed by atoms with Crippen molar-refractivity contribution in [1.29, 1.82) is 0 Å². The van der Waals surface area contributed by atoms with Crippen molar-refractivity contribution in [2.45, 2.75) is 6.92 Å². The third kappa shape index (κ3) is 2.51. The third-order valence-electron chi connectivity index (χ3n) is 0.948. The molecule has 0 amide bonds. The number of carbonyl (C=O) groups is 2. The molecular formula is C6H8N2O4. The molecular weight excluding hydrogens is 164 g/mol. The summed E-state index contributed by atoms with van der Waals surface area (Å²) in [6.07, 6.45) is 0. The highest BCUT2D eigenvalue weighted by Crippen LogP contribution is 1.84. The Morgan fingerprint density at radius 2 is 2.00 bits per heavy atom. The van der Waals surface area contributed by atoms with E-state index in [0.717, 1.165) is 7.11 Å². The maximum Gasteiger partial charge on any atom is 0.482 e. The van der Waals surface area contributed by atoms with Crippen molar-refractivity contribution < 1.29 is 23.9 Å². The van der Waals surface area contributed by atoms with E-state index in [1.165, 1.54) is 0 Å². The molecule has 0 atom stereocenters. The van der Waals surface area contributed by atoms with Gasteiger partial charge in [0.2, 0.25) is 0 Å². The minimum absolute atomic E-state index is 0.0921. The molecule has 0 aliphatic heterocycles. The molecule has 0 N–H and O–H groups in total. The molecule has 0 spiro atoms. The van der Waals surface area contributed by atoms with Crippen LogP contribution in [0.5, 0.6) is 0 Å². The van der Waals surface area contributed by atoms with Gasteiger partial charge in [-0.1, -0.05) is 0 Å². The van der Waals surface area contributed by atoms with Crippen molar-refractivity contribution in [3.8, 4) is 0 Å². The highest BCUT2D eigenvalue weighted by molar-refractivity contribution is 6.60. The van der Waals surface area contributed by atoms with Gasteiger partial charge in [0, 0.05) is 0 Å². The maximum absolute atomic E-state index is 10.8. The highest BCUT2D eigenvalue weighted by atomic mass is 16.5. The fourth-order valence-corrected chi connectivity index (χ4v) is 0.461. The molecule has 0 aromatic carbocycles. The lowest BCUT2D eigenvalue weighted by Crippen LogP contribution is -2.28. The van der Waals surface area contributed by atoms with Crippen molar-refractivity contribution in [1.82, 2.24) is 0 Å². The molecule has 6 heteroatoms. The summed E-state index contributed by atoms with van der Waals surface area (Å²) in [6, 6.07) is 0. The monoisotopic (exact) mass is 172 g/mol. The van der Waals surface area contributed by atoms with Gasteiger partial charge in [-0.25, -0.2) is 9.59 Å². The van der Waals surface area contributed by atoms with Crippen LogP contribution in [-0.2, 0) is 19.1 Å². The first-order chi connectivity index (χ1) is 5.67. The van der Waals surface area contributed by atoms with Gasteiger partial charge in [-0.3, -0.25) is 0 Å². The molecule has 66 valence electrons. The van der Waals surface area contributed by atoms with Crippen LogP contribution in [0.4, 0.5) is 0 Å². The van der Waals surface area contributed by atoms with Crippen LogP contribution in [-0.4, -0.2) is 36.2 Å². The lowest BCUT2D eigenvalue weighted by atomic mass is 10.4. The Bertz CT molecular complexity index is 242. The fraction of sp³-hybridized carbons (Fsp3) is 0.500. The number of carbonyl (C=O) groups excluding carboxylic acids is 2. The van der Waals surface area contributed by atoms with E-state index in [2.05, 4.69) is 14.3 Å². The summed E-state index contributed by atoms with van der Waals surface area (Å²) in [7, 11) is 1.06. The van der Waals surface area contributed by atoms with Gasteiger partial charge in [-0.2, -0.15) is 4.79 Å². The second kappa shape index (κ2) is 5.03. The summed E-state index contributed by atoms with van der Waals surface area (Å²) in [6.45, 7) is 1.65. The van der Waals surface area contributed by atoms with E-state index in [-0.39, 0.29) is 6.61 Å². The normalized spacial score (nSPS) is 8.17. The highest BCUT2D eigenvalue weighted by Gasteiger charge is 2.31. The van der Waals surface area contributed by atoms with Gasteiger partial charge in [-0.15, -0.1) is 0 Å². The Balaban J connectivity index is 4.48. The SMILES string of the molecule is CCOC(=O)C(=[N+]=[N-])C(=O)OC. The van der Waals surface area contributed by atoms with E-state index in [1.54, 1.807) is 6.92 Å². The second-order valence-electron chi connectivity index (χ2n) is 1.66. The van der Waals surface area contributed by atoms with Crippen LogP contribution in [0.15, 0.2) is 0 Å². The standard InChI is InChI=1S/C6H8N2O4/c1-3-12-6(10)4(8-7)5(9)11-2/h3H2,1-2H3. The number of rotatable bonds is 3. The zero-order chi connectivity index (χ0) is 9.56. The molecule has 0 fully saturated rings. The van der Waals surface area contributed by atoms with Gasteiger partial charge in [-0.05, 0) is 6.92 Å². The summed E-state index contributed by atoms with van der Waals surface area (Å²) >= 11 is 0. The zero-order valence-electron chi connectivity index (χ0n) is 6.73. The average molecular weight is 172 g/mol. The van der Waals surface area contributed by atoms with E-state index in [9.17, 15) is 9.59 Å². The predicted molar refractivity (Wildman–Crippen MR) is 37.3 cm³/mol. The summed E-state index contributed by atoms with van der Waals surface area (Å²) < 4.78 is 8.53. The van der Waals surface area contributed by atoms with Gasteiger partial charge < -0.3 is 15.0 Å². The van der Waals surface area contributed by atoms with E-state index in [4.69, 9.17) is 5.53 Å². The Labute approximate surface area is 68.7 Å². The minimum Gasteiger partial charge on any atom is -0.460 e. The maximum atomic E-state index is 10.8. The molecule has 0 unspecified atom stereocenters. The molecule has 0 aliphatic carbocycles. The quantitative estimate of drug-likeness (QED) is 0.187. The van der Waals surface area contributed by atoms with Gasteiger partial charge >= 0.3 is 17.7 Å². The number of esters is 2. The van der Waals surface area contributed by atoms with Crippen LogP contribution in [0.3, 0.4) is 0 Å². The smallest absolute Gasteiger partial charge is 0.460 e. The predicted octanol–water partition coefficient (Wildman–Crippen LogP) is -0.607. The van der Waals surface area contributed by atoms with Crippen molar-refractivity contribution in [3.63, 3.8) is 0 Å². The Hall–Kier alpha value is -1.68. The molecule has 0 radical (unpaired) electrons. The van der Waals surface area contributed by atoms with Crippen molar-refractivity contribution >= 4 is 17.7 Å². The number of ether oxygens (including phenoxy) is 2. The fourth-order valence-electron chi connectivity index (χ4n) is 0.461. The van der Waals surface area contributed by atoms with Crippen LogP contribution >= 0.6 is 0 Å². The number of nitrogens with zero attached hydrogens (tertiary/aromatic N) is 2. The number of methoxy groups -OCH3 is 1. The molecule has 0 saturated heterocycles. The first-order valence-corrected chi connectivity index (χ1v) is 3.14. The second-order valence-corrected chi connectivity index (χ2v) is 1.66. The molecule has 0 heterocycles. The van der Waals surface area contributed by atoms with Crippen molar-refractivity contribution in [2.75, 3.05) is 13.7 Å². The topological polar surface area (TPSA) is 89.0 Å². The van der Waals surface area contributed by atoms with Gasteiger partial charge in [0.1, 0.15) is 0 Å². The molecule has 0 rings (SSSR count). The number of hydrogen-bond acceptors (Lipinski definition) is 4. The van der Waals surface area contributed by atoms with Gasteiger partial charge in [0.15, 0.2) is 0 Å². The molecule has 12 heavy (non-hydrogen) atoms. The molecule has 6 nitrogen and oxygen atoms in total. The van der Waals surface area contributed by atoms with Crippen LogP contribution < -0.4 is 0 Å². The molecule has 0 bridgehead atoms. The Kier molecular flexibility index (Phi) is 4.33. The molecule has 0 aromatic rings. The third-order valence-corrected chi connectivity index (χ3v) is 0.948. The Morgan fingerprint density at radius 3 is 2.33 bits per heavy atom. The first kappa shape index (κ1) is 10.3. The molecule has 0 aromatic heterocycles. The van der Waals surface area contributed by atoms with Crippen LogP contribution in [0.25, 0.3) is 5.53 Å². The largest absolute Gasteiger partial charge is 0.482 e. The number of hydrogen-bond donors (Lipinski definition) is 0. The average Bonchev–Trinajstić information content (AvgIpc) is 2.06. The Morgan fingerprint density at radius 1 is 1.42 bits per heavy atom. The van der Waals surface area contributed by atoms with E-state index in [1.807, 2.05) is 0 Å². The van der Waals surface area contributed by atoms with Crippen LogP contribution in [0.1, 0.15) is 6.92 Å². The minimum atomic E-state index is -1.03. The van der Waals surface area contributed by atoms with Crippen molar-refractivity contribution in [2.24, 2.45) is 0 Å². The summed E-state index contributed by atoms with van der Waals surface area (Å²) in [5.41, 5.74) is 7.45. The van der Waals surface area contributed by atoms with E-state index >= 15 is 0 Å². The zero-order valence-corrected chi connectivity index (χ0v) is 6.73. The van der Waals surface area contributed by atoms with E-state index in [0.29, 0.717) is 0 Å². The van der Waals surface area contributed by atoms with Gasteiger partial charge in [0.05, 0.1) is 13.7 Å². The van der Waals surface area contributed by atoms with E-state index < -0.39 is 17.7 Å². The van der Waals surface area contributed by atoms with Crippen LogP contribution in [0.2, 0.25) is 0 Å². The molecule has 0 saturated carbocycles. The first-order valence-electron chi connectivity index (χ1n) is 3.14. The molecule has 0 aliphatic rings. The summed E-state index contributed by atoms with van der Waals surface area (Å²) in [5.74, 6) is -2.04. The lowest BCUT2D eigenvalue weighted by molar-refractivity contribution is -0.147. The van der Waals surface area contributed by atoms with Crippen LogP contribution in [0, 0.1) is 0 Å². The summed E-state index contributed by atoms with van der Waals surface area (Å²) in [4.78, 5) is 23.9. The summed E-state index contributed by atoms with van der Waals surface area (Å²) in [5, 5.41) is 0. The van der Waals surface area contributed by atoms with Crippen molar-refractivity contribution in [3.05, 3.63) is 5.53 Å². The van der Waals surface area contributed by atoms with Gasteiger partial charge in [0.25, 0.3) is 0 Å².